The number of phenolic OH excluding ortho intramolecular Hbond substituents is 1. The lowest BCUT2D eigenvalue weighted by Crippen LogP contribution is -2.16. The van der Waals surface area contributed by atoms with Gasteiger partial charge in [-0.3, -0.25) is 9.59 Å². The summed E-state index contributed by atoms with van der Waals surface area (Å²) in [7, 11) is 1.35. The number of primary amides is 1. The average Bonchev–Trinajstić information content (AvgIpc) is 2.46. The minimum atomic E-state index is -0.668. The average molecular weight is 305 g/mol. The monoisotopic (exact) mass is 305 g/mol. The van der Waals surface area contributed by atoms with Crippen molar-refractivity contribution >= 4 is 23.2 Å². The van der Waals surface area contributed by atoms with E-state index in [2.05, 4.69) is 0 Å². The number of rotatable bonds is 5. The SMILES string of the molecule is COc1cc2c(C)c(CCC(N)=O)c(=O)oc2c(C=O)c1O. The molecule has 1 heterocycles. The topological polar surface area (TPSA) is 120 Å². The molecule has 0 atom stereocenters. The molecule has 2 rings (SSSR count). The van der Waals surface area contributed by atoms with Gasteiger partial charge in [-0.1, -0.05) is 0 Å². The van der Waals surface area contributed by atoms with Crippen molar-refractivity contribution in [3.8, 4) is 11.5 Å². The fourth-order valence-electron chi connectivity index (χ4n) is 2.31. The normalized spacial score (nSPS) is 10.6. The highest BCUT2D eigenvalue weighted by molar-refractivity contribution is 6.00. The molecular weight excluding hydrogens is 290 g/mol. The van der Waals surface area contributed by atoms with Crippen molar-refractivity contribution < 1.29 is 23.8 Å². The molecule has 116 valence electrons. The Morgan fingerprint density at radius 2 is 2.18 bits per heavy atom. The van der Waals surface area contributed by atoms with Gasteiger partial charge in [-0.05, 0) is 25.0 Å². The second-order valence-corrected chi connectivity index (χ2v) is 4.80. The lowest BCUT2D eigenvalue weighted by Gasteiger charge is -2.12. The zero-order valence-electron chi connectivity index (χ0n) is 12.1. The Morgan fingerprint density at radius 1 is 1.50 bits per heavy atom. The van der Waals surface area contributed by atoms with Gasteiger partial charge in [0.2, 0.25) is 5.91 Å². The number of hydrogen-bond acceptors (Lipinski definition) is 6. The van der Waals surface area contributed by atoms with Crippen LogP contribution in [0.25, 0.3) is 11.0 Å². The summed E-state index contributed by atoms with van der Waals surface area (Å²) in [5.41, 5.74) is 5.11. The van der Waals surface area contributed by atoms with Crippen molar-refractivity contribution in [2.24, 2.45) is 5.73 Å². The quantitative estimate of drug-likeness (QED) is 0.629. The lowest BCUT2D eigenvalue weighted by molar-refractivity contribution is -0.118. The van der Waals surface area contributed by atoms with Crippen LogP contribution in [0.3, 0.4) is 0 Å². The van der Waals surface area contributed by atoms with Crippen LogP contribution in [0.4, 0.5) is 0 Å². The molecule has 0 spiro atoms. The summed E-state index contributed by atoms with van der Waals surface area (Å²) in [6, 6.07) is 1.48. The molecule has 0 bridgehead atoms. The van der Waals surface area contributed by atoms with E-state index in [0.29, 0.717) is 22.8 Å². The largest absolute Gasteiger partial charge is 0.504 e. The molecule has 0 aliphatic carbocycles. The van der Waals surface area contributed by atoms with Crippen LogP contribution in [0.15, 0.2) is 15.3 Å². The maximum absolute atomic E-state index is 12.1. The Bertz CT molecular complexity index is 821. The second kappa shape index (κ2) is 5.88. The van der Waals surface area contributed by atoms with Crippen molar-refractivity contribution in [1.29, 1.82) is 0 Å². The van der Waals surface area contributed by atoms with Gasteiger partial charge in [0.25, 0.3) is 0 Å². The van der Waals surface area contributed by atoms with E-state index in [4.69, 9.17) is 14.9 Å². The molecule has 0 saturated carbocycles. The van der Waals surface area contributed by atoms with Gasteiger partial charge in [-0.25, -0.2) is 4.79 Å². The van der Waals surface area contributed by atoms with E-state index in [1.807, 2.05) is 0 Å². The number of carbonyl (C=O) groups excluding carboxylic acids is 2. The zero-order valence-corrected chi connectivity index (χ0v) is 12.1. The Balaban J connectivity index is 2.79. The summed E-state index contributed by atoms with van der Waals surface area (Å²) in [5.74, 6) is -0.833. The van der Waals surface area contributed by atoms with E-state index in [0.717, 1.165) is 0 Å². The van der Waals surface area contributed by atoms with Gasteiger partial charge in [0.15, 0.2) is 23.4 Å². The number of amides is 1. The predicted molar refractivity (Wildman–Crippen MR) is 78.3 cm³/mol. The third kappa shape index (κ3) is 2.52. The second-order valence-electron chi connectivity index (χ2n) is 4.80. The number of aryl methyl sites for hydroxylation is 1. The third-order valence-electron chi connectivity index (χ3n) is 3.51. The van der Waals surface area contributed by atoms with Crippen LogP contribution >= 0.6 is 0 Å². The number of fused-ring (bicyclic) bond motifs is 1. The molecule has 0 aliphatic rings. The molecule has 22 heavy (non-hydrogen) atoms. The summed E-state index contributed by atoms with van der Waals surface area (Å²) in [5, 5.41) is 10.4. The van der Waals surface area contributed by atoms with Gasteiger partial charge < -0.3 is 20.0 Å². The first-order valence-electron chi connectivity index (χ1n) is 6.50. The number of phenols is 1. The number of aldehydes is 1. The van der Waals surface area contributed by atoms with Crippen molar-refractivity contribution in [3.63, 3.8) is 0 Å². The lowest BCUT2D eigenvalue weighted by atomic mass is 9.99. The standard InChI is InChI=1S/C15H15NO6/c1-7-8(3-4-12(16)18)15(20)22-14-9(7)5-11(21-2)13(19)10(14)6-17/h5-6,19H,3-4H2,1-2H3,(H2,16,18). The van der Waals surface area contributed by atoms with Crippen LogP contribution < -0.4 is 16.1 Å². The number of carbonyl (C=O) groups is 2. The summed E-state index contributed by atoms with van der Waals surface area (Å²) >= 11 is 0. The number of nitrogens with two attached hydrogens (primary N) is 1. The van der Waals surface area contributed by atoms with Crippen LogP contribution in [-0.2, 0) is 11.2 Å². The van der Waals surface area contributed by atoms with Crippen LogP contribution in [0.1, 0.15) is 27.9 Å². The van der Waals surface area contributed by atoms with Gasteiger partial charge in [-0.2, -0.15) is 0 Å². The minimum Gasteiger partial charge on any atom is -0.504 e. The molecule has 3 N–H and O–H groups in total. The molecule has 2 aromatic rings. The van der Waals surface area contributed by atoms with E-state index in [9.17, 15) is 19.5 Å². The maximum Gasteiger partial charge on any atom is 0.339 e. The highest BCUT2D eigenvalue weighted by Gasteiger charge is 2.20. The Hall–Kier alpha value is -2.83. The molecule has 0 unspecified atom stereocenters. The molecule has 0 fully saturated rings. The van der Waals surface area contributed by atoms with Gasteiger partial charge in [0.05, 0.1) is 7.11 Å². The first kappa shape index (κ1) is 15.6. The maximum atomic E-state index is 12.1. The Labute approximate surface area is 125 Å². The van der Waals surface area contributed by atoms with E-state index in [-0.39, 0.29) is 29.7 Å². The molecule has 7 nitrogen and oxygen atoms in total. The Morgan fingerprint density at radius 3 is 2.73 bits per heavy atom. The zero-order chi connectivity index (χ0) is 16.4. The number of benzene rings is 1. The van der Waals surface area contributed by atoms with Gasteiger partial charge in [0.1, 0.15) is 5.56 Å². The molecule has 0 aliphatic heterocycles. The molecule has 7 heteroatoms. The highest BCUT2D eigenvalue weighted by atomic mass is 16.5. The van der Waals surface area contributed by atoms with Crippen LogP contribution in [-0.4, -0.2) is 24.4 Å². The van der Waals surface area contributed by atoms with Crippen molar-refractivity contribution in [3.05, 3.63) is 33.2 Å². The summed E-state index contributed by atoms with van der Waals surface area (Å²) < 4.78 is 10.2. The molecule has 0 radical (unpaired) electrons. The fourth-order valence-corrected chi connectivity index (χ4v) is 2.31. The number of aromatic hydroxyl groups is 1. The summed E-state index contributed by atoms with van der Waals surface area (Å²) in [4.78, 5) is 34.1. The Kier molecular flexibility index (Phi) is 4.16. The first-order chi connectivity index (χ1) is 10.4. The fraction of sp³-hybridized carbons (Fsp3) is 0.267. The summed E-state index contributed by atoms with van der Waals surface area (Å²) in [6.45, 7) is 1.67. The first-order valence-corrected chi connectivity index (χ1v) is 6.50. The van der Waals surface area contributed by atoms with Crippen molar-refractivity contribution in [1.82, 2.24) is 0 Å². The smallest absolute Gasteiger partial charge is 0.339 e. The van der Waals surface area contributed by atoms with E-state index < -0.39 is 17.3 Å². The number of hydrogen-bond donors (Lipinski definition) is 2. The summed E-state index contributed by atoms with van der Waals surface area (Å²) in [6.07, 6.45) is 0.539. The van der Waals surface area contributed by atoms with E-state index >= 15 is 0 Å². The predicted octanol–water partition coefficient (Wildman–Crippen LogP) is 1.05. The molecular formula is C15H15NO6. The van der Waals surface area contributed by atoms with Crippen LogP contribution in [0.5, 0.6) is 11.5 Å². The van der Waals surface area contributed by atoms with Gasteiger partial charge in [0, 0.05) is 17.4 Å². The van der Waals surface area contributed by atoms with Crippen LogP contribution in [0.2, 0.25) is 0 Å². The van der Waals surface area contributed by atoms with Gasteiger partial charge >= 0.3 is 5.63 Å². The van der Waals surface area contributed by atoms with E-state index in [1.54, 1.807) is 6.92 Å². The molecule has 1 amide bonds. The van der Waals surface area contributed by atoms with E-state index in [1.165, 1.54) is 13.2 Å². The highest BCUT2D eigenvalue weighted by Crippen LogP contribution is 2.36. The van der Waals surface area contributed by atoms with Crippen molar-refractivity contribution in [2.75, 3.05) is 7.11 Å². The molecule has 1 aromatic heterocycles. The van der Waals surface area contributed by atoms with Crippen LogP contribution in [0, 0.1) is 6.92 Å². The number of methoxy groups -OCH3 is 1. The molecule has 0 saturated heterocycles. The third-order valence-corrected chi connectivity index (χ3v) is 3.51. The number of ether oxygens (including phenoxy) is 1. The minimum absolute atomic E-state index is 0.00681. The molecule has 1 aromatic carbocycles. The van der Waals surface area contributed by atoms with Gasteiger partial charge in [-0.15, -0.1) is 0 Å². The van der Waals surface area contributed by atoms with Crippen molar-refractivity contribution in [2.45, 2.75) is 19.8 Å².